The molecule has 1 saturated heterocycles. The van der Waals surface area contributed by atoms with Gasteiger partial charge < -0.3 is 9.32 Å². The molecule has 0 saturated carbocycles. The molecule has 1 aliphatic heterocycles. The van der Waals surface area contributed by atoms with Gasteiger partial charge in [0.1, 0.15) is 5.82 Å². The van der Waals surface area contributed by atoms with E-state index in [1.165, 1.54) is 6.26 Å². The molecule has 0 unspecified atom stereocenters. The van der Waals surface area contributed by atoms with Crippen molar-refractivity contribution < 1.29 is 9.21 Å². The van der Waals surface area contributed by atoms with Gasteiger partial charge in [0.25, 0.3) is 5.91 Å². The van der Waals surface area contributed by atoms with Crippen LogP contribution in [0, 0.1) is 0 Å². The lowest BCUT2D eigenvalue weighted by Gasteiger charge is -2.31. The minimum absolute atomic E-state index is 0.0737. The maximum atomic E-state index is 12.8. The van der Waals surface area contributed by atoms with E-state index >= 15 is 0 Å². The fourth-order valence-corrected chi connectivity index (χ4v) is 3.81. The monoisotopic (exact) mass is 380 g/mol. The average molecular weight is 380 g/mol. The Hall–Kier alpha value is -3.09. The zero-order valence-electron chi connectivity index (χ0n) is 16.0. The first-order valence-electron chi connectivity index (χ1n) is 9.71. The molecule has 0 atom stereocenters. The third kappa shape index (κ3) is 3.52. The number of amides is 1. The maximum absolute atomic E-state index is 12.8. The van der Waals surface area contributed by atoms with Crippen LogP contribution in [0.4, 0.5) is 0 Å². The fourth-order valence-electron chi connectivity index (χ4n) is 3.81. The first kappa shape index (κ1) is 18.3. The van der Waals surface area contributed by atoms with Gasteiger partial charge in [0.2, 0.25) is 0 Å². The van der Waals surface area contributed by atoms with Crippen LogP contribution in [-0.4, -0.2) is 38.2 Å². The highest BCUT2D eigenvalue weighted by Crippen LogP contribution is 2.27. The number of carbonyl (C=O) groups is 1. The summed E-state index contributed by atoms with van der Waals surface area (Å²) in [7, 11) is 0. The Bertz CT molecular complexity index is 981. The number of piperidine rings is 1. The summed E-state index contributed by atoms with van der Waals surface area (Å²) in [4.78, 5) is 27.0. The van der Waals surface area contributed by atoms with Gasteiger partial charge in [0.15, 0.2) is 5.76 Å². The van der Waals surface area contributed by atoms with Crippen molar-refractivity contribution in [3.05, 3.63) is 76.4 Å². The number of hydrogen-bond donors (Lipinski definition) is 0. The Kier molecular flexibility index (Phi) is 5.14. The summed E-state index contributed by atoms with van der Waals surface area (Å²) in [5.74, 6) is 1.29. The van der Waals surface area contributed by atoms with Gasteiger partial charge in [-0.2, -0.15) is 5.10 Å². The maximum Gasteiger partial charge on any atom is 0.346 e. The Morgan fingerprint density at radius 2 is 1.89 bits per heavy atom. The molecule has 1 aliphatic rings. The largest absolute Gasteiger partial charge is 0.459 e. The first-order valence-corrected chi connectivity index (χ1v) is 9.71. The lowest BCUT2D eigenvalue weighted by Crippen LogP contribution is -2.38. The van der Waals surface area contributed by atoms with Crippen LogP contribution in [0.5, 0.6) is 0 Å². The minimum atomic E-state index is -0.0778. The van der Waals surface area contributed by atoms with Crippen molar-refractivity contribution in [2.45, 2.75) is 38.8 Å². The number of benzene rings is 1. The summed E-state index contributed by atoms with van der Waals surface area (Å²) in [6, 6.07) is 13.3. The minimum Gasteiger partial charge on any atom is -0.459 e. The second-order valence-electron chi connectivity index (χ2n) is 7.07. The van der Waals surface area contributed by atoms with Crippen molar-refractivity contribution >= 4 is 5.91 Å². The van der Waals surface area contributed by atoms with Crippen LogP contribution in [0.1, 0.15) is 47.6 Å². The molecule has 3 aromatic rings. The van der Waals surface area contributed by atoms with E-state index in [0.717, 1.165) is 24.2 Å². The smallest absolute Gasteiger partial charge is 0.346 e. The molecule has 0 spiro atoms. The quantitative estimate of drug-likeness (QED) is 0.682. The zero-order chi connectivity index (χ0) is 19.5. The molecule has 1 aromatic carbocycles. The van der Waals surface area contributed by atoms with Gasteiger partial charge in [0.05, 0.1) is 12.8 Å². The predicted molar refractivity (Wildman–Crippen MR) is 104 cm³/mol. The summed E-state index contributed by atoms with van der Waals surface area (Å²) in [6.07, 6.45) is 3.09. The van der Waals surface area contributed by atoms with Crippen molar-refractivity contribution in [2.24, 2.45) is 0 Å². The molecule has 146 valence electrons. The summed E-state index contributed by atoms with van der Waals surface area (Å²) in [6.45, 7) is 4.29. The lowest BCUT2D eigenvalue weighted by molar-refractivity contribution is 0.0678. The topological polar surface area (TPSA) is 73.3 Å². The summed E-state index contributed by atoms with van der Waals surface area (Å²) in [5.41, 5.74) is 0.978. The van der Waals surface area contributed by atoms with Gasteiger partial charge in [-0.05, 0) is 37.5 Å². The van der Waals surface area contributed by atoms with Gasteiger partial charge in [-0.25, -0.2) is 9.48 Å². The normalized spacial score (nSPS) is 15.1. The van der Waals surface area contributed by atoms with Gasteiger partial charge >= 0.3 is 5.69 Å². The highest BCUT2D eigenvalue weighted by atomic mass is 16.3. The second kappa shape index (κ2) is 7.88. The number of furan rings is 1. The number of likely N-dealkylation sites (tertiary alicyclic amines) is 1. The average Bonchev–Trinajstić information content (AvgIpc) is 3.37. The van der Waals surface area contributed by atoms with E-state index in [1.807, 2.05) is 42.2 Å². The molecule has 7 nitrogen and oxygen atoms in total. The van der Waals surface area contributed by atoms with Crippen LogP contribution in [-0.2, 0) is 13.1 Å². The molecular weight excluding hydrogens is 356 g/mol. The molecule has 0 N–H and O–H groups in total. The van der Waals surface area contributed by atoms with Crippen molar-refractivity contribution in [2.75, 3.05) is 13.1 Å². The third-order valence-corrected chi connectivity index (χ3v) is 5.32. The van der Waals surface area contributed by atoms with Crippen molar-refractivity contribution in [3.8, 4) is 0 Å². The Balaban J connectivity index is 1.49. The van der Waals surface area contributed by atoms with Crippen LogP contribution in [0.25, 0.3) is 0 Å². The molecule has 1 fully saturated rings. The van der Waals surface area contributed by atoms with Gasteiger partial charge in [0, 0.05) is 25.6 Å². The van der Waals surface area contributed by atoms with E-state index in [9.17, 15) is 9.59 Å². The molecule has 28 heavy (non-hydrogen) atoms. The number of aromatic nitrogens is 3. The summed E-state index contributed by atoms with van der Waals surface area (Å²) in [5, 5.41) is 4.66. The molecule has 1 amide bonds. The van der Waals surface area contributed by atoms with Crippen LogP contribution in [0.2, 0.25) is 0 Å². The highest BCUT2D eigenvalue weighted by Gasteiger charge is 2.29. The van der Waals surface area contributed by atoms with Crippen LogP contribution in [0.3, 0.4) is 0 Å². The Labute approximate surface area is 163 Å². The number of nitrogens with zero attached hydrogens (tertiary/aromatic N) is 4. The first-order chi connectivity index (χ1) is 13.7. The SMILES string of the molecule is CCn1c(C2CCN(C(=O)c3ccco3)CC2)nn(Cc2ccccc2)c1=O. The van der Waals surface area contributed by atoms with Crippen LogP contribution >= 0.6 is 0 Å². The van der Waals surface area contributed by atoms with E-state index in [2.05, 4.69) is 5.10 Å². The van der Waals surface area contributed by atoms with Gasteiger partial charge in [-0.15, -0.1) is 0 Å². The molecule has 7 heteroatoms. The van der Waals surface area contributed by atoms with E-state index in [1.54, 1.807) is 21.4 Å². The number of carbonyl (C=O) groups excluding carboxylic acids is 1. The third-order valence-electron chi connectivity index (χ3n) is 5.32. The number of rotatable bonds is 5. The van der Waals surface area contributed by atoms with Crippen LogP contribution < -0.4 is 5.69 Å². The highest BCUT2D eigenvalue weighted by molar-refractivity contribution is 5.91. The Morgan fingerprint density at radius 3 is 2.54 bits per heavy atom. The molecule has 2 aromatic heterocycles. The standard InChI is InChI=1S/C21H24N4O3/c1-2-24-19(22-25(21(24)27)15-16-7-4-3-5-8-16)17-10-12-23(13-11-17)20(26)18-9-6-14-28-18/h3-9,14,17H,2,10-13,15H2,1H3. The molecule has 3 heterocycles. The molecule has 0 aliphatic carbocycles. The van der Waals surface area contributed by atoms with Crippen LogP contribution in [0.15, 0.2) is 57.9 Å². The van der Waals surface area contributed by atoms with Crippen molar-refractivity contribution in [3.63, 3.8) is 0 Å². The van der Waals surface area contributed by atoms with Gasteiger partial charge in [-0.1, -0.05) is 30.3 Å². The van der Waals surface area contributed by atoms with E-state index < -0.39 is 0 Å². The van der Waals surface area contributed by atoms with Crippen molar-refractivity contribution in [1.29, 1.82) is 0 Å². The zero-order valence-corrected chi connectivity index (χ0v) is 16.0. The Morgan fingerprint density at radius 1 is 1.14 bits per heavy atom. The number of hydrogen-bond acceptors (Lipinski definition) is 4. The molecule has 4 rings (SSSR count). The molecule has 0 radical (unpaired) electrons. The van der Waals surface area contributed by atoms with E-state index in [-0.39, 0.29) is 17.5 Å². The molecule has 0 bridgehead atoms. The van der Waals surface area contributed by atoms with E-state index in [0.29, 0.717) is 31.9 Å². The fraction of sp³-hybridized carbons (Fsp3) is 0.381. The lowest BCUT2D eigenvalue weighted by atomic mass is 9.95. The molecular formula is C21H24N4O3. The van der Waals surface area contributed by atoms with E-state index in [4.69, 9.17) is 4.42 Å². The van der Waals surface area contributed by atoms with Gasteiger partial charge in [-0.3, -0.25) is 9.36 Å². The second-order valence-corrected chi connectivity index (χ2v) is 7.07. The summed E-state index contributed by atoms with van der Waals surface area (Å²) >= 11 is 0. The summed E-state index contributed by atoms with van der Waals surface area (Å²) < 4.78 is 8.53. The predicted octanol–water partition coefficient (Wildman–Crippen LogP) is 2.73. The van der Waals surface area contributed by atoms with Crippen molar-refractivity contribution in [1.82, 2.24) is 19.2 Å².